The molecule has 0 atom stereocenters. The molecule has 1 aromatic rings. The summed E-state index contributed by atoms with van der Waals surface area (Å²) >= 11 is 3.41. The van der Waals surface area contributed by atoms with Crippen LogP contribution in [0.15, 0.2) is 28.7 Å². The van der Waals surface area contributed by atoms with Gasteiger partial charge in [0.15, 0.2) is 0 Å². The normalized spacial score (nSPS) is 14.5. The van der Waals surface area contributed by atoms with Crippen LogP contribution in [0.3, 0.4) is 0 Å². The van der Waals surface area contributed by atoms with Crippen LogP contribution in [0.2, 0.25) is 0 Å². The van der Waals surface area contributed by atoms with Gasteiger partial charge in [0.1, 0.15) is 0 Å². The number of nitrogens with one attached hydrogen (secondary N) is 1. The summed E-state index contributed by atoms with van der Waals surface area (Å²) in [5.74, 6) is 0. The second-order valence-corrected chi connectivity index (χ2v) is 5.44. The van der Waals surface area contributed by atoms with Gasteiger partial charge in [0.25, 0.3) is 0 Å². The average molecular weight is 297 g/mol. The van der Waals surface area contributed by atoms with Crippen LogP contribution >= 0.6 is 15.9 Å². The fourth-order valence-corrected chi connectivity index (χ4v) is 1.83. The van der Waals surface area contributed by atoms with E-state index in [4.69, 9.17) is 0 Å². The van der Waals surface area contributed by atoms with Crippen molar-refractivity contribution in [1.29, 1.82) is 0 Å². The predicted octanol–water partition coefficient (Wildman–Crippen LogP) is 2.80. The van der Waals surface area contributed by atoms with Gasteiger partial charge in [0.2, 0.25) is 0 Å². The molecule has 1 saturated carbocycles. The van der Waals surface area contributed by atoms with Crippen molar-refractivity contribution >= 4 is 22.0 Å². The minimum Gasteiger partial charge on any atom is -0.335 e. The Labute approximate surface area is 110 Å². The van der Waals surface area contributed by atoms with Crippen LogP contribution < -0.4 is 5.32 Å². The van der Waals surface area contributed by atoms with E-state index in [-0.39, 0.29) is 6.03 Å². The Bertz CT molecular complexity index is 387. The number of hydrogen-bond acceptors (Lipinski definition) is 1. The highest BCUT2D eigenvalue weighted by molar-refractivity contribution is 9.10. The second kappa shape index (κ2) is 5.54. The van der Waals surface area contributed by atoms with Crippen LogP contribution in [-0.2, 0) is 6.42 Å². The number of amides is 2. The zero-order valence-corrected chi connectivity index (χ0v) is 11.5. The smallest absolute Gasteiger partial charge is 0.317 e. The van der Waals surface area contributed by atoms with Crippen LogP contribution in [-0.4, -0.2) is 30.6 Å². The van der Waals surface area contributed by atoms with Gasteiger partial charge < -0.3 is 10.2 Å². The van der Waals surface area contributed by atoms with Crippen molar-refractivity contribution < 1.29 is 4.79 Å². The quantitative estimate of drug-likeness (QED) is 0.910. The fourth-order valence-electron chi connectivity index (χ4n) is 1.56. The zero-order valence-electron chi connectivity index (χ0n) is 9.95. The summed E-state index contributed by atoms with van der Waals surface area (Å²) in [6.07, 6.45) is 3.15. The molecule has 1 N–H and O–H groups in total. The lowest BCUT2D eigenvalue weighted by atomic mass is 10.1. The van der Waals surface area contributed by atoms with Gasteiger partial charge in [-0.3, -0.25) is 0 Å². The van der Waals surface area contributed by atoms with Gasteiger partial charge in [-0.25, -0.2) is 4.79 Å². The van der Waals surface area contributed by atoms with E-state index < -0.39 is 0 Å². The summed E-state index contributed by atoms with van der Waals surface area (Å²) in [4.78, 5) is 13.4. The Kier molecular flexibility index (Phi) is 4.05. The molecular weight excluding hydrogens is 280 g/mol. The monoisotopic (exact) mass is 296 g/mol. The summed E-state index contributed by atoms with van der Waals surface area (Å²) in [7, 11) is 1.84. The molecule has 1 aromatic carbocycles. The second-order valence-electron chi connectivity index (χ2n) is 4.52. The Hall–Kier alpha value is -1.03. The third-order valence-electron chi connectivity index (χ3n) is 2.90. The Morgan fingerprint density at radius 3 is 2.65 bits per heavy atom. The molecule has 0 unspecified atom stereocenters. The lowest BCUT2D eigenvalue weighted by molar-refractivity contribution is 0.209. The maximum Gasteiger partial charge on any atom is 0.317 e. The maximum absolute atomic E-state index is 11.7. The molecular formula is C13H17BrN2O. The van der Waals surface area contributed by atoms with Gasteiger partial charge >= 0.3 is 6.03 Å². The van der Waals surface area contributed by atoms with Crippen molar-refractivity contribution in [2.45, 2.75) is 25.3 Å². The van der Waals surface area contributed by atoms with Crippen molar-refractivity contribution in [3.63, 3.8) is 0 Å². The van der Waals surface area contributed by atoms with Gasteiger partial charge in [-0.15, -0.1) is 0 Å². The highest BCUT2D eigenvalue weighted by Crippen LogP contribution is 2.18. The third kappa shape index (κ3) is 4.04. The number of carbonyl (C=O) groups is 1. The zero-order chi connectivity index (χ0) is 12.3. The number of rotatable bonds is 4. The van der Waals surface area contributed by atoms with E-state index in [9.17, 15) is 4.79 Å². The largest absolute Gasteiger partial charge is 0.335 e. The topological polar surface area (TPSA) is 32.3 Å². The van der Waals surface area contributed by atoms with Gasteiger partial charge in [0, 0.05) is 24.1 Å². The summed E-state index contributed by atoms with van der Waals surface area (Å²) in [5.41, 5.74) is 1.25. The summed E-state index contributed by atoms with van der Waals surface area (Å²) in [6, 6.07) is 8.69. The highest BCUT2D eigenvalue weighted by Gasteiger charge is 2.24. The minimum absolute atomic E-state index is 0.0459. The molecule has 1 aliphatic carbocycles. The van der Waals surface area contributed by atoms with Crippen molar-refractivity contribution in [2.75, 3.05) is 13.6 Å². The van der Waals surface area contributed by atoms with Gasteiger partial charge in [-0.1, -0.05) is 28.1 Å². The Morgan fingerprint density at radius 1 is 1.41 bits per heavy atom. The summed E-state index contributed by atoms with van der Waals surface area (Å²) in [6.45, 7) is 0.750. The molecule has 0 aliphatic heterocycles. The van der Waals surface area contributed by atoms with Gasteiger partial charge in [0.05, 0.1) is 0 Å². The van der Waals surface area contributed by atoms with Crippen molar-refractivity contribution in [3.8, 4) is 0 Å². The fraction of sp³-hybridized carbons (Fsp3) is 0.462. The molecule has 1 fully saturated rings. The molecule has 0 bridgehead atoms. The molecule has 3 nitrogen and oxygen atoms in total. The number of nitrogens with zero attached hydrogens (tertiary/aromatic N) is 1. The summed E-state index contributed by atoms with van der Waals surface area (Å²) < 4.78 is 1.08. The molecule has 92 valence electrons. The van der Waals surface area contributed by atoms with Crippen molar-refractivity contribution in [3.05, 3.63) is 34.3 Å². The first kappa shape index (κ1) is 12.4. The molecule has 0 radical (unpaired) electrons. The van der Waals surface area contributed by atoms with E-state index >= 15 is 0 Å². The number of likely N-dealkylation sites (N-methyl/N-ethyl adjacent to an activating group) is 1. The third-order valence-corrected chi connectivity index (χ3v) is 3.43. The molecule has 0 saturated heterocycles. The molecule has 0 spiro atoms. The number of carbonyl (C=O) groups excluding carboxylic acids is 1. The molecule has 0 heterocycles. The van der Waals surface area contributed by atoms with E-state index in [2.05, 4.69) is 33.4 Å². The van der Waals surface area contributed by atoms with E-state index in [0.29, 0.717) is 6.04 Å². The molecule has 2 rings (SSSR count). The van der Waals surface area contributed by atoms with E-state index in [1.54, 1.807) is 4.90 Å². The standard InChI is InChI=1S/C13H17BrN2O/c1-16(13(17)15-12-6-7-12)9-8-10-2-4-11(14)5-3-10/h2-5,12H,6-9H2,1H3,(H,15,17). The maximum atomic E-state index is 11.7. The number of hydrogen-bond donors (Lipinski definition) is 1. The SMILES string of the molecule is CN(CCc1ccc(Br)cc1)C(=O)NC1CC1. The lowest BCUT2D eigenvalue weighted by Crippen LogP contribution is -2.39. The molecule has 17 heavy (non-hydrogen) atoms. The Balaban J connectivity index is 1.76. The van der Waals surface area contributed by atoms with E-state index in [1.807, 2.05) is 19.2 Å². The first-order valence-electron chi connectivity index (χ1n) is 5.91. The predicted molar refractivity (Wildman–Crippen MR) is 72.0 cm³/mol. The van der Waals surface area contributed by atoms with E-state index in [1.165, 1.54) is 5.56 Å². The van der Waals surface area contributed by atoms with Gasteiger partial charge in [-0.05, 0) is 37.0 Å². The molecule has 2 amide bonds. The van der Waals surface area contributed by atoms with E-state index in [0.717, 1.165) is 30.3 Å². The minimum atomic E-state index is 0.0459. The average Bonchev–Trinajstić information content (AvgIpc) is 3.11. The van der Waals surface area contributed by atoms with Crippen LogP contribution in [0.25, 0.3) is 0 Å². The molecule has 4 heteroatoms. The van der Waals surface area contributed by atoms with Gasteiger partial charge in [-0.2, -0.15) is 0 Å². The van der Waals surface area contributed by atoms with Crippen molar-refractivity contribution in [2.24, 2.45) is 0 Å². The lowest BCUT2D eigenvalue weighted by Gasteiger charge is -2.17. The van der Waals surface area contributed by atoms with Crippen LogP contribution in [0.5, 0.6) is 0 Å². The summed E-state index contributed by atoms with van der Waals surface area (Å²) in [5, 5.41) is 2.98. The number of benzene rings is 1. The van der Waals surface area contributed by atoms with Crippen molar-refractivity contribution in [1.82, 2.24) is 10.2 Å². The molecule has 1 aliphatic rings. The number of halogens is 1. The first-order valence-corrected chi connectivity index (χ1v) is 6.70. The Morgan fingerprint density at radius 2 is 2.06 bits per heavy atom. The highest BCUT2D eigenvalue weighted by atomic mass is 79.9. The van der Waals surface area contributed by atoms with Crippen LogP contribution in [0.4, 0.5) is 4.79 Å². The van der Waals surface area contributed by atoms with Crippen LogP contribution in [0.1, 0.15) is 18.4 Å². The first-order chi connectivity index (χ1) is 8.15. The molecule has 0 aromatic heterocycles. The van der Waals surface area contributed by atoms with Crippen LogP contribution in [0, 0.1) is 0 Å². The number of urea groups is 1.